The third kappa shape index (κ3) is 7.19. The number of benzene rings is 4. The molecule has 3 aliphatic heterocycles. The summed E-state index contributed by atoms with van der Waals surface area (Å²) in [6.45, 7) is 8.87. The van der Waals surface area contributed by atoms with Crippen molar-refractivity contribution in [2.45, 2.75) is 39.3 Å². The molecule has 43 heavy (non-hydrogen) atoms. The lowest BCUT2D eigenvalue weighted by molar-refractivity contribution is 0.101. The number of hydrogen-bond donors (Lipinski definition) is 1. The number of nitrogens with zero attached hydrogens (tertiary/aromatic N) is 3. The first-order valence-electron chi connectivity index (χ1n) is 15.2. The van der Waals surface area contributed by atoms with Gasteiger partial charge in [-0.2, -0.15) is 0 Å². The molecule has 0 aliphatic carbocycles. The van der Waals surface area contributed by atoms with Crippen LogP contribution in [0, 0.1) is 0 Å². The van der Waals surface area contributed by atoms with Gasteiger partial charge < -0.3 is 14.9 Å². The molecule has 4 aromatic carbocycles. The first-order chi connectivity index (χ1) is 21.1. The van der Waals surface area contributed by atoms with Crippen molar-refractivity contribution < 1.29 is 9.90 Å². The highest BCUT2D eigenvalue weighted by atomic mass is 32.2. The fourth-order valence-electron chi connectivity index (χ4n) is 5.94. The number of anilines is 2. The Morgan fingerprint density at radius 3 is 1.88 bits per heavy atom. The van der Waals surface area contributed by atoms with Crippen LogP contribution in [-0.2, 0) is 6.42 Å². The van der Waals surface area contributed by atoms with E-state index in [1.165, 1.54) is 36.4 Å². The molecule has 0 saturated carbocycles. The largest absolute Gasteiger partial charge is 0.395 e. The number of Topliss-reactive ketones (excluding diaryl/α,β-unsaturated/α-hetero) is 1. The van der Waals surface area contributed by atoms with Crippen molar-refractivity contribution in [3.8, 4) is 0 Å². The van der Waals surface area contributed by atoms with Crippen molar-refractivity contribution in [1.29, 1.82) is 0 Å². The molecule has 3 aliphatic rings. The van der Waals surface area contributed by atoms with Crippen LogP contribution in [-0.4, -0.2) is 73.1 Å². The van der Waals surface area contributed by atoms with Gasteiger partial charge in [-0.05, 0) is 73.8 Å². The maximum atomic E-state index is 11.9. The molecule has 0 spiro atoms. The minimum Gasteiger partial charge on any atom is -0.395 e. The lowest BCUT2D eigenvalue weighted by Gasteiger charge is -2.36. The van der Waals surface area contributed by atoms with Crippen LogP contribution < -0.4 is 4.90 Å². The molecule has 222 valence electrons. The fourth-order valence-corrected chi connectivity index (χ4v) is 8.09. The Kier molecular flexibility index (Phi) is 9.86. The number of rotatable bonds is 7. The molecule has 5 nitrogen and oxygen atoms in total. The van der Waals surface area contributed by atoms with Crippen molar-refractivity contribution in [2.75, 3.05) is 57.3 Å². The Balaban J connectivity index is 0.000000195. The van der Waals surface area contributed by atoms with E-state index in [1.807, 2.05) is 23.9 Å². The highest BCUT2D eigenvalue weighted by Crippen LogP contribution is 2.48. The van der Waals surface area contributed by atoms with Gasteiger partial charge in [0.15, 0.2) is 5.78 Å². The summed E-state index contributed by atoms with van der Waals surface area (Å²) in [5, 5.41) is 9.10. The smallest absolute Gasteiger partial charge is 0.159 e. The summed E-state index contributed by atoms with van der Waals surface area (Å²) in [6.07, 6.45) is 2.15. The van der Waals surface area contributed by atoms with Crippen LogP contribution in [0.1, 0.15) is 34.8 Å². The number of ketones is 1. The molecule has 0 radical (unpaired) electrons. The molecule has 1 fully saturated rings. The standard InChI is InChI=1S/C23H29N3O2S.C13H10S/c1-18(28)19-7-8-23-21(17-19)26(20-5-2-3-6-22(20)29-23)10-4-9-24-11-13-25(14-12-24)15-16-27;1-3-7-12-10(5-1)9-11-6-2-4-8-13(11)14-12/h2-3,5-8,17,27H,4,9-16H2,1H3;1-8H,9H2. The van der Waals surface area contributed by atoms with Crippen LogP contribution in [0.5, 0.6) is 0 Å². The Morgan fingerprint density at radius 2 is 1.23 bits per heavy atom. The normalized spacial score (nSPS) is 15.8. The van der Waals surface area contributed by atoms with Gasteiger partial charge in [0.25, 0.3) is 0 Å². The zero-order valence-electron chi connectivity index (χ0n) is 24.7. The summed E-state index contributed by atoms with van der Waals surface area (Å²) >= 11 is 3.67. The predicted molar refractivity (Wildman–Crippen MR) is 178 cm³/mol. The first-order valence-corrected chi connectivity index (χ1v) is 16.8. The molecule has 0 aromatic heterocycles. The van der Waals surface area contributed by atoms with E-state index in [-0.39, 0.29) is 12.4 Å². The van der Waals surface area contributed by atoms with Crippen LogP contribution >= 0.6 is 23.5 Å². The van der Waals surface area contributed by atoms with Crippen LogP contribution in [0.25, 0.3) is 0 Å². The number of aliphatic hydroxyl groups excluding tert-OH is 1. The minimum atomic E-state index is 0.109. The predicted octanol–water partition coefficient (Wildman–Crippen LogP) is 7.23. The maximum Gasteiger partial charge on any atom is 0.159 e. The summed E-state index contributed by atoms with van der Waals surface area (Å²) < 4.78 is 0. The maximum absolute atomic E-state index is 11.9. The Labute approximate surface area is 263 Å². The third-order valence-corrected chi connectivity index (χ3v) is 10.7. The Bertz CT molecular complexity index is 1480. The Hall–Kier alpha value is -3.07. The highest BCUT2D eigenvalue weighted by Gasteiger charge is 2.24. The Morgan fingerprint density at radius 1 is 0.674 bits per heavy atom. The van der Waals surface area contributed by atoms with Gasteiger partial charge in [0, 0.05) is 64.4 Å². The molecule has 7 heteroatoms. The monoisotopic (exact) mass is 609 g/mol. The zero-order chi connectivity index (χ0) is 29.6. The third-order valence-electron chi connectivity index (χ3n) is 8.32. The van der Waals surface area contributed by atoms with E-state index in [0.29, 0.717) is 0 Å². The summed E-state index contributed by atoms with van der Waals surface area (Å²) in [5.41, 5.74) is 6.06. The lowest BCUT2D eigenvalue weighted by atomic mass is 10.0. The molecular formula is C36H39N3O2S2. The number of aliphatic hydroxyl groups is 1. The van der Waals surface area contributed by atoms with Crippen LogP contribution in [0.4, 0.5) is 11.4 Å². The average molecular weight is 610 g/mol. The van der Waals surface area contributed by atoms with E-state index in [2.05, 4.69) is 93.6 Å². The van der Waals surface area contributed by atoms with Crippen molar-refractivity contribution in [2.24, 2.45) is 0 Å². The number of carbonyl (C=O) groups excluding carboxylic acids is 1. The topological polar surface area (TPSA) is 47.0 Å². The van der Waals surface area contributed by atoms with Gasteiger partial charge in [-0.15, -0.1) is 0 Å². The number of fused-ring (bicyclic) bond motifs is 4. The van der Waals surface area contributed by atoms with Crippen molar-refractivity contribution in [1.82, 2.24) is 9.80 Å². The number of piperazine rings is 1. The minimum absolute atomic E-state index is 0.109. The van der Waals surface area contributed by atoms with Crippen molar-refractivity contribution >= 4 is 40.7 Å². The molecule has 7 rings (SSSR count). The van der Waals surface area contributed by atoms with E-state index in [9.17, 15) is 4.79 Å². The molecule has 0 amide bonds. The van der Waals surface area contributed by atoms with Gasteiger partial charge >= 0.3 is 0 Å². The molecule has 0 atom stereocenters. The van der Waals surface area contributed by atoms with E-state index in [1.54, 1.807) is 18.7 Å². The average Bonchev–Trinajstić information content (AvgIpc) is 3.04. The summed E-state index contributed by atoms with van der Waals surface area (Å²) in [4.78, 5) is 24.5. The van der Waals surface area contributed by atoms with Crippen LogP contribution in [0.2, 0.25) is 0 Å². The SMILES string of the molecule is CC(=O)c1ccc2c(c1)N(CCCN1CCN(CCO)CC1)c1ccccc1S2.c1ccc2c(c1)Cc1ccccc1S2. The van der Waals surface area contributed by atoms with Gasteiger partial charge in [-0.25, -0.2) is 0 Å². The molecule has 0 bridgehead atoms. The van der Waals surface area contributed by atoms with Crippen molar-refractivity contribution in [3.05, 3.63) is 108 Å². The highest BCUT2D eigenvalue weighted by molar-refractivity contribution is 8.00. The quantitative estimate of drug-likeness (QED) is 0.195. The van der Waals surface area contributed by atoms with E-state index >= 15 is 0 Å². The summed E-state index contributed by atoms with van der Waals surface area (Å²) in [5.74, 6) is 0.109. The number of hydrogen-bond acceptors (Lipinski definition) is 7. The number of β-amino-alcohol motifs (C(OH)–C–C–N with tert-alkyl or cyclic N) is 1. The van der Waals surface area contributed by atoms with Crippen LogP contribution in [0.3, 0.4) is 0 Å². The van der Waals surface area contributed by atoms with Crippen LogP contribution in [0.15, 0.2) is 111 Å². The van der Waals surface area contributed by atoms with E-state index in [4.69, 9.17) is 5.11 Å². The molecule has 1 N–H and O–H groups in total. The second kappa shape index (κ2) is 14.1. The number of carbonyl (C=O) groups is 1. The van der Waals surface area contributed by atoms with Gasteiger partial charge in [-0.3, -0.25) is 9.69 Å². The molecule has 0 unspecified atom stereocenters. The second-order valence-corrected chi connectivity index (χ2v) is 13.4. The molecular weight excluding hydrogens is 571 g/mol. The second-order valence-electron chi connectivity index (χ2n) is 11.2. The van der Waals surface area contributed by atoms with Gasteiger partial charge in [0.05, 0.1) is 18.0 Å². The zero-order valence-corrected chi connectivity index (χ0v) is 26.4. The van der Waals surface area contributed by atoms with Gasteiger partial charge in [-0.1, -0.05) is 78.1 Å². The van der Waals surface area contributed by atoms with Gasteiger partial charge in [0.2, 0.25) is 0 Å². The lowest BCUT2D eigenvalue weighted by Crippen LogP contribution is -2.47. The summed E-state index contributed by atoms with van der Waals surface area (Å²) in [6, 6.07) is 31.9. The van der Waals surface area contributed by atoms with Gasteiger partial charge in [0.1, 0.15) is 0 Å². The van der Waals surface area contributed by atoms with Crippen molar-refractivity contribution in [3.63, 3.8) is 0 Å². The molecule has 1 saturated heterocycles. The number of para-hydroxylation sites is 1. The first kappa shape index (κ1) is 30.0. The molecule has 3 heterocycles. The summed E-state index contributed by atoms with van der Waals surface area (Å²) in [7, 11) is 0. The fraction of sp³-hybridized carbons (Fsp3) is 0.306. The van der Waals surface area contributed by atoms with E-state index < -0.39 is 0 Å². The van der Waals surface area contributed by atoms with E-state index in [0.717, 1.165) is 69.9 Å². The molecule has 4 aromatic rings.